The van der Waals surface area contributed by atoms with Crippen molar-refractivity contribution in [2.24, 2.45) is 5.73 Å². The maximum Gasteiger partial charge on any atom is 0.248 e. The van der Waals surface area contributed by atoms with Gasteiger partial charge in [0.25, 0.3) is 0 Å². The minimum absolute atomic E-state index is 0.0842. The first kappa shape index (κ1) is 15.7. The zero-order valence-electron chi connectivity index (χ0n) is 11.9. The Hall–Kier alpha value is -2.73. The second-order valence-electron chi connectivity index (χ2n) is 4.40. The molecule has 0 saturated heterocycles. The number of hydrogen-bond acceptors (Lipinski definition) is 4. The molecule has 1 heterocycles. The lowest BCUT2D eigenvalue weighted by molar-refractivity contribution is -0.114. The number of para-hydroxylation sites is 1. The molecule has 0 saturated carbocycles. The molecule has 3 rings (SSSR count). The van der Waals surface area contributed by atoms with Gasteiger partial charge < -0.3 is 11.1 Å². The highest BCUT2D eigenvalue weighted by Gasteiger charge is 2.02. The van der Waals surface area contributed by atoms with Crippen molar-refractivity contribution in [3.63, 3.8) is 0 Å². The number of thiazole rings is 1. The van der Waals surface area contributed by atoms with Crippen molar-refractivity contribution in [1.82, 2.24) is 4.98 Å². The van der Waals surface area contributed by atoms with Crippen molar-refractivity contribution in [3.8, 4) is 0 Å². The van der Waals surface area contributed by atoms with Crippen molar-refractivity contribution in [2.75, 3.05) is 5.32 Å². The number of nitrogens with one attached hydrogen (secondary N) is 1. The number of rotatable bonds is 2. The number of nitrogens with two attached hydrogens (primary N) is 1. The molecule has 0 spiro atoms. The minimum Gasteiger partial charge on any atom is -0.366 e. The quantitative estimate of drug-likeness (QED) is 0.762. The summed E-state index contributed by atoms with van der Waals surface area (Å²) >= 11 is 1.48. The van der Waals surface area contributed by atoms with E-state index >= 15 is 0 Å². The molecule has 3 N–H and O–H groups in total. The molecule has 0 fully saturated rings. The van der Waals surface area contributed by atoms with Gasteiger partial charge in [0.15, 0.2) is 5.13 Å². The second kappa shape index (κ2) is 7.33. The standard InChI is InChI=1S/C9H8N2OS.C7H7NO/c1-6(12)10-9-11-7-4-2-3-5-8(7)13-9;8-7(9)6-4-2-1-3-5-6/h2-5H,1H3,(H,10,11,12);1-5H,(H2,8,9). The van der Waals surface area contributed by atoms with Gasteiger partial charge in [-0.05, 0) is 24.3 Å². The molecule has 0 atom stereocenters. The number of anilines is 1. The maximum atomic E-state index is 10.7. The van der Waals surface area contributed by atoms with Crippen molar-refractivity contribution >= 4 is 38.5 Å². The van der Waals surface area contributed by atoms with Gasteiger partial charge in [0, 0.05) is 12.5 Å². The molecule has 5 nitrogen and oxygen atoms in total. The van der Waals surface area contributed by atoms with Crippen LogP contribution in [0.1, 0.15) is 17.3 Å². The third kappa shape index (κ3) is 4.39. The van der Waals surface area contributed by atoms with Crippen LogP contribution in [0.25, 0.3) is 10.2 Å². The van der Waals surface area contributed by atoms with Gasteiger partial charge in [0.1, 0.15) is 0 Å². The third-order valence-corrected chi connectivity index (χ3v) is 3.59. The Morgan fingerprint density at radius 2 is 1.68 bits per heavy atom. The molecule has 3 aromatic rings. The van der Waals surface area contributed by atoms with E-state index < -0.39 is 0 Å². The fraction of sp³-hybridized carbons (Fsp3) is 0.0625. The Labute approximate surface area is 131 Å². The summed E-state index contributed by atoms with van der Waals surface area (Å²) in [5.41, 5.74) is 6.46. The highest BCUT2D eigenvalue weighted by Crippen LogP contribution is 2.24. The molecule has 0 bridgehead atoms. The van der Waals surface area contributed by atoms with E-state index in [1.807, 2.05) is 30.3 Å². The van der Waals surface area contributed by atoms with Crippen LogP contribution < -0.4 is 11.1 Å². The van der Waals surface area contributed by atoms with Crippen molar-refractivity contribution in [3.05, 3.63) is 60.2 Å². The van der Waals surface area contributed by atoms with E-state index in [0.29, 0.717) is 10.7 Å². The van der Waals surface area contributed by atoms with E-state index in [0.717, 1.165) is 10.2 Å². The van der Waals surface area contributed by atoms with Gasteiger partial charge in [-0.15, -0.1) is 0 Å². The predicted molar refractivity (Wildman–Crippen MR) is 88.9 cm³/mol. The van der Waals surface area contributed by atoms with Crippen LogP contribution in [0.4, 0.5) is 5.13 Å². The molecule has 112 valence electrons. The SMILES string of the molecule is CC(=O)Nc1nc2ccccc2s1.NC(=O)c1ccccc1. The molecule has 2 aromatic carbocycles. The van der Waals surface area contributed by atoms with Crippen molar-refractivity contribution in [2.45, 2.75) is 6.92 Å². The molecule has 2 amide bonds. The molecular formula is C16H15N3O2S. The Kier molecular flexibility index (Phi) is 5.21. The zero-order valence-corrected chi connectivity index (χ0v) is 12.8. The summed E-state index contributed by atoms with van der Waals surface area (Å²) in [5.74, 6) is -0.463. The van der Waals surface area contributed by atoms with Crippen LogP contribution in [0.15, 0.2) is 54.6 Å². The first-order valence-electron chi connectivity index (χ1n) is 6.54. The van der Waals surface area contributed by atoms with E-state index in [1.54, 1.807) is 24.3 Å². The molecule has 0 aliphatic rings. The number of carbonyl (C=O) groups is 2. The Morgan fingerprint density at radius 3 is 2.23 bits per heavy atom. The van der Waals surface area contributed by atoms with E-state index in [4.69, 9.17) is 5.73 Å². The van der Waals surface area contributed by atoms with Crippen LogP contribution in [-0.4, -0.2) is 16.8 Å². The maximum absolute atomic E-state index is 10.7. The number of hydrogen-bond donors (Lipinski definition) is 2. The lowest BCUT2D eigenvalue weighted by Crippen LogP contribution is -2.09. The fourth-order valence-electron chi connectivity index (χ4n) is 1.68. The molecule has 22 heavy (non-hydrogen) atoms. The number of fused-ring (bicyclic) bond motifs is 1. The normalized spacial score (nSPS) is 9.68. The number of aromatic nitrogens is 1. The summed E-state index contributed by atoms with van der Waals surface area (Å²) in [4.78, 5) is 25.4. The van der Waals surface area contributed by atoms with Gasteiger partial charge in [0.05, 0.1) is 10.2 Å². The van der Waals surface area contributed by atoms with E-state index in [-0.39, 0.29) is 11.8 Å². The summed E-state index contributed by atoms with van der Waals surface area (Å²) in [7, 11) is 0. The van der Waals surface area contributed by atoms with Crippen molar-refractivity contribution < 1.29 is 9.59 Å². The molecule has 0 unspecified atom stereocenters. The van der Waals surface area contributed by atoms with Gasteiger partial charge >= 0.3 is 0 Å². The Morgan fingerprint density at radius 1 is 1.05 bits per heavy atom. The third-order valence-electron chi connectivity index (χ3n) is 2.64. The van der Waals surface area contributed by atoms with Gasteiger partial charge in [-0.1, -0.05) is 41.7 Å². The fourth-order valence-corrected chi connectivity index (χ4v) is 2.59. The van der Waals surface area contributed by atoms with Crippen LogP contribution in [-0.2, 0) is 4.79 Å². The number of primary amides is 1. The lowest BCUT2D eigenvalue weighted by atomic mass is 10.2. The lowest BCUT2D eigenvalue weighted by Gasteiger charge is -1.91. The van der Waals surface area contributed by atoms with E-state index in [9.17, 15) is 9.59 Å². The van der Waals surface area contributed by atoms with Crippen LogP contribution >= 0.6 is 11.3 Å². The Balaban J connectivity index is 0.000000172. The van der Waals surface area contributed by atoms with E-state index in [2.05, 4.69) is 10.3 Å². The predicted octanol–water partition coefficient (Wildman–Crippen LogP) is 3.04. The van der Waals surface area contributed by atoms with E-state index in [1.165, 1.54) is 18.3 Å². The van der Waals surface area contributed by atoms with Gasteiger partial charge in [-0.2, -0.15) is 0 Å². The van der Waals surface area contributed by atoms with Crippen LogP contribution in [0, 0.1) is 0 Å². The molecular weight excluding hydrogens is 298 g/mol. The summed E-state index contributed by atoms with van der Waals surface area (Å²) < 4.78 is 1.09. The summed E-state index contributed by atoms with van der Waals surface area (Å²) in [6, 6.07) is 16.6. The number of nitrogens with zero attached hydrogens (tertiary/aromatic N) is 1. The van der Waals surface area contributed by atoms with Crippen LogP contribution in [0.5, 0.6) is 0 Å². The summed E-state index contributed by atoms with van der Waals surface area (Å²) in [6.45, 7) is 1.48. The second-order valence-corrected chi connectivity index (χ2v) is 5.43. The largest absolute Gasteiger partial charge is 0.366 e. The van der Waals surface area contributed by atoms with Gasteiger partial charge in [0.2, 0.25) is 11.8 Å². The van der Waals surface area contributed by atoms with Gasteiger partial charge in [-0.25, -0.2) is 4.98 Å². The molecule has 1 aromatic heterocycles. The number of benzene rings is 2. The van der Waals surface area contributed by atoms with Crippen LogP contribution in [0.2, 0.25) is 0 Å². The van der Waals surface area contributed by atoms with Crippen molar-refractivity contribution in [1.29, 1.82) is 0 Å². The first-order chi connectivity index (χ1) is 10.6. The molecule has 6 heteroatoms. The van der Waals surface area contributed by atoms with Gasteiger partial charge in [-0.3, -0.25) is 9.59 Å². The minimum atomic E-state index is -0.379. The number of carbonyl (C=O) groups excluding carboxylic acids is 2. The Bertz CT molecular complexity index is 751. The average Bonchev–Trinajstić information content (AvgIpc) is 2.90. The highest BCUT2D eigenvalue weighted by atomic mass is 32.1. The topological polar surface area (TPSA) is 85.1 Å². The summed E-state index contributed by atoms with van der Waals surface area (Å²) in [6.07, 6.45) is 0. The highest BCUT2D eigenvalue weighted by molar-refractivity contribution is 7.22. The number of amides is 2. The molecule has 0 radical (unpaired) electrons. The smallest absolute Gasteiger partial charge is 0.248 e. The zero-order chi connectivity index (χ0) is 15.9. The van der Waals surface area contributed by atoms with Crippen LogP contribution in [0.3, 0.4) is 0 Å². The average molecular weight is 313 g/mol. The monoisotopic (exact) mass is 313 g/mol. The first-order valence-corrected chi connectivity index (χ1v) is 7.36. The molecule has 0 aliphatic carbocycles. The summed E-state index contributed by atoms with van der Waals surface area (Å²) in [5, 5.41) is 3.32. The molecule has 0 aliphatic heterocycles.